The lowest BCUT2D eigenvalue weighted by molar-refractivity contribution is -0.142. The maximum Gasteiger partial charge on any atom is 0.246 e. The Bertz CT molecular complexity index is 2670. The Morgan fingerprint density at radius 2 is 1.16 bits per heavy atom. The second-order valence-corrected chi connectivity index (χ2v) is 23.2. The van der Waals surface area contributed by atoms with Crippen LogP contribution < -0.4 is 54.4 Å². The van der Waals surface area contributed by atoms with Crippen LogP contribution in [-0.4, -0.2) is 137 Å². The first-order chi connectivity index (χ1) is 39.6. The SMILES string of the molecule is CCc1ccc(C[C@@H](NC(=O)CCSCc2ccccc2)C(=O)N[C@H](C(=O)N[C@@H](CCC(N)=O)C(=O)N[C@@H](CC(N)=O)C(=O)N[C@@H](CSCc2ccccc2)C(=O)N2CCC[C@H]2C(=O)N[C@@H](CC(C)C)C(=O)NCC(N)=O)[C@@H](C)CC)cc1. The predicted octanol–water partition coefficient (Wildman–Crippen LogP) is 1.78. The summed E-state index contributed by atoms with van der Waals surface area (Å²) >= 11 is 2.86. The first-order valence-electron chi connectivity index (χ1n) is 28.1. The molecule has 11 amide bonds. The summed E-state index contributed by atoms with van der Waals surface area (Å²) in [4.78, 5) is 150. The Kier molecular flexibility index (Phi) is 29.1. The fourth-order valence-electron chi connectivity index (χ4n) is 9.09. The molecular weight excluding hydrogens is 1100 g/mol. The summed E-state index contributed by atoms with van der Waals surface area (Å²) in [6, 6.07) is 17.4. The molecule has 83 heavy (non-hydrogen) atoms. The van der Waals surface area contributed by atoms with E-state index in [2.05, 4.69) is 37.2 Å². The van der Waals surface area contributed by atoms with E-state index in [1.54, 1.807) is 25.6 Å². The molecule has 0 aromatic heterocycles. The van der Waals surface area contributed by atoms with Crippen molar-refractivity contribution in [1.29, 1.82) is 0 Å². The van der Waals surface area contributed by atoms with Crippen molar-refractivity contribution in [1.82, 2.24) is 42.1 Å². The smallest absolute Gasteiger partial charge is 0.246 e. The molecule has 0 unspecified atom stereocenters. The maximum atomic E-state index is 14.7. The molecule has 1 saturated heterocycles. The van der Waals surface area contributed by atoms with E-state index in [0.29, 0.717) is 30.1 Å². The molecule has 0 bridgehead atoms. The third kappa shape index (κ3) is 24.1. The van der Waals surface area contributed by atoms with Gasteiger partial charge in [-0.25, -0.2) is 0 Å². The van der Waals surface area contributed by atoms with Crippen molar-refractivity contribution in [2.45, 2.75) is 153 Å². The highest BCUT2D eigenvalue weighted by atomic mass is 32.2. The second-order valence-electron chi connectivity index (χ2n) is 21.1. The molecule has 0 spiro atoms. The van der Waals surface area contributed by atoms with Gasteiger partial charge >= 0.3 is 0 Å². The third-order valence-electron chi connectivity index (χ3n) is 13.9. The number of amides is 11. The van der Waals surface area contributed by atoms with E-state index < -0.39 is 127 Å². The molecule has 1 heterocycles. The Morgan fingerprint density at radius 1 is 0.578 bits per heavy atom. The number of carbonyl (C=O) groups excluding carboxylic acids is 11. The second kappa shape index (κ2) is 35.5. The fraction of sp³-hybridized carbons (Fsp3) is 0.508. The molecule has 3 aromatic rings. The molecule has 3 aromatic carbocycles. The standard InChI is InChI=1S/C59H83N11O11S2/c1-6-37(5)52(69-56(78)44(30-39-22-20-38(7-2)21-23-39)64-51(74)26-28-82-33-40-15-10-8-11-16-40)58(80)65-42(24-25-48(60)71)54(76)66-45(31-49(61)72)55(77)68-46(35-83-34-41-17-12-9-13-18-41)59(81)70-27-14-19-47(70)57(79)67-43(29-36(3)4)53(75)63-32-50(62)73/h8-13,15-18,20-23,36-37,42-47,52H,6-7,14,19,24-35H2,1-5H3,(H2,60,71)(H2,61,72)(H2,62,73)(H,63,75)(H,64,74)(H,65,80)(H,66,76)(H,67,79)(H,68,77)(H,69,78)/t37-,42-,43-,44+,45-,46-,47-,52-/m0/s1. The van der Waals surface area contributed by atoms with Gasteiger partial charge in [-0.3, -0.25) is 52.7 Å². The van der Waals surface area contributed by atoms with Crippen molar-refractivity contribution in [2.75, 3.05) is 24.6 Å². The molecular formula is C59H83N11O11S2. The number of aryl methyl sites for hydroxylation is 1. The Balaban J connectivity index is 1.57. The normalized spacial score (nSPS) is 15.4. The number of nitrogens with one attached hydrogen (secondary N) is 7. The molecule has 4 rings (SSSR count). The molecule has 22 nitrogen and oxygen atoms in total. The van der Waals surface area contributed by atoms with Crippen LogP contribution in [0.15, 0.2) is 84.9 Å². The van der Waals surface area contributed by atoms with Crippen molar-refractivity contribution in [2.24, 2.45) is 29.0 Å². The predicted molar refractivity (Wildman–Crippen MR) is 319 cm³/mol. The van der Waals surface area contributed by atoms with E-state index in [9.17, 15) is 52.7 Å². The zero-order chi connectivity index (χ0) is 61.0. The zero-order valence-electron chi connectivity index (χ0n) is 48.1. The summed E-state index contributed by atoms with van der Waals surface area (Å²) in [6.07, 6.45) is 0.592. The van der Waals surface area contributed by atoms with E-state index in [1.165, 1.54) is 16.7 Å². The fourth-order valence-corrected chi connectivity index (χ4v) is 11.0. The van der Waals surface area contributed by atoms with E-state index in [1.807, 2.05) is 106 Å². The van der Waals surface area contributed by atoms with E-state index >= 15 is 0 Å². The average Bonchev–Trinajstić information content (AvgIpc) is 4.25. The van der Waals surface area contributed by atoms with Crippen molar-refractivity contribution >= 4 is 88.5 Å². The van der Waals surface area contributed by atoms with Crippen LogP contribution in [0, 0.1) is 11.8 Å². The molecule has 1 aliphatic rings. The van der Waals surface area contributed by atoms with Crippen molar-refractivity contribution in [3.05, 3.63) is 107 Å². The van der Waals surface area contributed by atoms with Gasteiger partial charge in [-0.15, -0.1) is 0 Å². The molecule has 1 fully saturated rings. The summed E-state index contributed by atoms with van der Waals surface area (Å²) < 4.78 is 0. The highest BCUT2D eigenvalue weighted by Crippen LogP contribution is 2.23. The topological polar surface area (TPSA) is 353 Å². The van der Waals surface area contributed by atoms with Crippen LogP contribution in [0.4, 0.5) is 0 Å². The van der Waals surface area contributed by atoms with E-state index in [0.717, 1.165) is 28.7 Å². The van der Waals surface area contributed by atoms with Crippen molar-refractivity contribution in [3.8, 4) is 0 Å². The lowest BCUT2D eigenvalue weighted by Gasteiger charge is -2.31. The Labute approximate surface area is 494 Å². The quantitative estimate of drug-likeness (QED) is 0.0372. The molecule has 8 atom stereocenters. The van der Waals surface area contributed by atoms with Gasteiger partial charge in [-0.1, -0.05) is 126 Å². The lowest BCUT2D eigenvalue weighted by atomic mass is 9.96. The van der Waals surface area contributed by atoms with E-state index in [-0.39, 0.29) is 56.2 Å². The van der Waals surface area contributed by atoms with Crippen LogP contribution in [0.25, 0.3) is 0 Å². The highest BCUT2D eigenvalue weighted by Gasteiger charge is 2.41. The molecule has 13 N–H and O–H groups in total. The maximum absolute atomic E-state index is 14.7. The Hall–Kier alpha value is -7.47. The zero-order valence-corrected chi connectivity index (χ0v) is 49.7. The third-order valence-corrected chi connectivity index (χ3v) is 16.0. The first-order valence-corrected chi connectivity index (χ1v) is 30.4. The van der Waals surface area contributed by atoms with Gasteiger partial charge in [-0.2, -0.15) is 23.5 Å². The highest BCUT2D eigenvalue weighted by molar-refractivity contribution is 7.98. The van der Waals surface area contributed by atoms with E-state index in [4.69, 9.17) is 17.2 Å². The monoisotopic (exact) mass is 1190 g/mol. The summed E-state index contributed by atoms with van der Waals surface area (Å²) in [7, 11) is 0. The molecule has 452 valence electrons. The number of nitrogens with zero attached hydrogens (tertiary/aromatic N) is 1. The lowest BCUT2D eigenvalue weighted by Crippen LogP contribution is -2.61. The van der Waals surface area contributed by atoms with Crippen LogP contribution in [0.2, 0.25) is 0 Å². The molecule has 0 radical (unpaired) electrons. The van der Waals surface area contributed by atoms with Gasteiger partial charge in [0.25, 0.3) is 0 Å². The van der Waals surface area contributed by atoms with Gasteiger partial charge in [-0.05, 0) is 66.2 Å². The number of nitrogens with two attached hydrogens (primary N) is 3. The first kappa shape index (κ1) is 68.0. The van der Waals surface area contributed by atoms with Gasteiger partial charge in [0, 0.05) is 48.8 Å². The summed E-state index contributed by atoms with van der Waals surface area (Å²) in [5.74, 6) is -7.59. The number of hydrogen-bond donors (Lipinski definition) is 10. The van der Waals surface area contributed by atoms with Crippen LogP contribution in [-0.2, 0) is 77.1 Å². The minimum absolute atomic E-state index is 0.0451. The van der Waals surface area contributed by atoms with Crippen LogP contribution in [0.1, 0.15) is 108 Å². The molecule has 0 aliphatic carbocycles. The van der Waals surface area contributed by atoms with Gasteiger partial charge < -0.3 is 59.3 Å². The number of likely N-dealkylation sites (tertiary alicyclic amines) is 1. The number of benzene rings is 3. The number of primary amides is 3. The van der Waals surface area contributed by atoms with Crippen LogP contribution >= 0.6 is 23.5 Å². The minimum atomic E-state index is -1.74. The number of carbonyl (C=O) groups is 11. The molecule has 0 saturated carbocycles. The Morgan fingerprint density at radius 3 is 1.73 bits per heavy atom. The van der Waals surface area contributed by atoms with Crippen molar-refractivity contribution < 1.29 is 52.7 Å². The van der Waals surface area contributed by atoms with Gasteiger partial charge in [0.2, 0.25) is 65.0 Å². The molecule has 24 heteroatoms. The minimum Gasteiger partial charge on any atom is -0.370 e. The number of thioether (sulfide) groups is 2. The van der Waals surface area contributed by atoms with Gasteiger partial charge in [0.1, 0.15) is 42.3 Å². The van der Waals surface area contributed by atoms with Gasteiger partial charge in [0.05, 0.1) is 13.0 Å². The van der Waals surface area contributed by atoms with Crippen LogP contribution in [0.3, 0.4) is 0 Å². The summed E-state index contributed by atoms with van der Waals surface area (Å²) in [5, 5.41) is 18.6. The number of hydrogen-bond acceptors (Lipinski definition) is 13. The summed E-state index contributed by atoms with van der Waals surface area (Å²) in [5.41, 5.74) is 20.2. The molecule has 1 aliphatic heterocycles. The van der Waals surface area contributed by atoms with Crippen molar-refractivity contribution in [3.63, 3.8) is 0 Å². The van der Waals surface area contributed by atoms with Gasteiger partial charge in [0.15, 0.2) is 0 Å². The number of rotatable bonds is 36. The summed E-state index contributed by atoms with van der Waals surface area (Å²) in [6.45, 7) is 8.85. The van der Waals surface area contributed by atoms with Crippen LogP contribution in [0.5, 0.6) is 0 Å². The largest absolute Gasteiger partial charge is 0.370 e. The average molecular weight is 1190 g/mol.